The first-order chi connectivity index (χ1) is 8.81. The fraction of sp³-hybridized carbons (Fsp3) is 0.929. The Kier molecular flexibility index (Phi) is 10.6. The van der Waals surface area contributed by atoms with Crippen molar-refractivity contribution in [1.29, 1.82) is 0 Å². The van der Waals surface area contributed by atoms with Gasteiger partial charge >= 0.3 is 0 Å². The highest BCUT2D eigenvalue weighted by Crippen LogP contribution is 2.16. The fourth-order valence-corrected chi connectivity index (χ4v) is 3.15. The lowest BCUT2D eigenvalue weighted by atomic mass is 9.98. The molecule has 0 aromatic rings. The normalized spacial score (nSPS) is 27.1. The van der Waals surface area contributed by atoms with Crippen LogP contribution in [0.1, 0.15) is 39.0 Å². The van der Waals surface area contributed by atoms with Gasteiger partial charge in [-0.15, -0.1) is 24.8 Å². The van der Waals surface area contributed by atoms with Crippen LogP contribution in [-0.2, 0) is 4.79 Å². The van der Waals surface area contributed by atoms with Gasteiger partial charge in [0.1, 0.15) is 0 Å². The van der Waals surface area contributed by atoms with E-state index in [0.29, 0.717) is 6.04 Å². The van der Waals surface area contributed by atoms with Gasteiger partial charge in [-0.1, -0.05) is 13.3 Å². The number of hydrogen-bond acceptors (Lipinski definition) is 3. The Morgan fingerprint density at radius 1 is 1.25 bits per heavy atom. The smallest absolute Gasteiger partial charge is 0.224 e. The lowest BCUT2D eigenvalue weighted by Gasteiger charge is -2.35. The largest absolute Gasteiger partial charge is 0.354 e. The van der Waals surface area contributed by atoms with Gasteiger partial charge < -0.3 is 10.6 Å². The molecule has 2 aliphatic heterocycles. The molecule has 0 aromatic heterocycles. The first-order valence-corrected chi connectivity index (χ1v) is 7.53. The molecule has 0 aromatic carbocycles. The van der Waals surface area contributed by atoms with E-state index in [0.717, 1.165) is 39.0 Å². The van der Waals surface area contributed by atoms with Crippen LogP contribution in [0.2, 0.25) is 0 Å². The molecule has 2 heterocycles. The molecule has 20 heavy (non-hydrogen) atoms. The van der Waals surface area contributed by atoms with Gasteiger partial charge in [0.2, 0.25) is 5.91 Å². The Balaban J connectivity index is 0.00000180. The SMILES string of the molecule is CCN1CCCCC1CNC(=O)C1CCCNC1.Cl.Cl. The summed E-state index contributed by atoms with van der Waals surface area (Å²) < 4.78 is 0. The molecular weight excluding hydrogens is 297 g/mol. The van der Waals surface area contributed by atoms with E-state index in [-0.39, 0.29) is 36.6 Å². The molecule has 2 saturated heterocycles. The third-order valence-corrected chi connectivity index (χ3v) is 4.33. The van der Waals surface area contributed by atoms with Crippen molar-refractivity contribution in [2.24, 2.45) is 5.92 Å². The number of piperidine rings is 2. The molecular formula is C14H29Cl2N3O. The van der Waals surface area contributed by atoms with Crippen molar-refractivity contribution >= 4 is 30.7 Å². The van der Waals surface area contributed by atoms with Crippen LogP contribution in [0.25, 0.3) is 0 Å². The van der Waals surface area contributed by atoms with Gasteiger partial charge in [0.15, 0.2) is 0 Å². The van der Waals surface area contributed by atoms with Gasteiger partial charge in [-0.25, -0.2) is 0 Å². The highest BCUT2D eigenvalue weighted by molar-refractivity contribution is 5.85. The van der Waals surface area contributed by atoms with Crippen LogP contribution in [0.15, 0.2) is 0 Å². The number of amides is 1. The van der Waals surface area contributed by atoms with E-state index in [2.05, 4.69) is 22.5 Å². The maximum absolute atomic E-state index is 12.1. The Labute approximate surface area is 135 Å². The summed E-state index contributed by atoms with van der Waals surface area (Å²) in [6.07, 6.45) is 6.02. The van der Waals surface area contributed by atoms with Crippen molar-refractivity contribution in [2.45, 2.75) is 45.1 Å². The minimum absolute atomic E-state index is 0. The molecule has 2 fully saturated rings. The van der Waals surface area contributed by atoms with Gasteiger partial charge in [0.25, 0.3) is 0 Å². The number of rotatable bonds is 4. The van der Waals surface area contributed by atoms with Crippen LogP contribution in [-0.4, -0.2) is 49.6 Å². The highest BCUT2D eigenvalue weighted by atomic mass is 35.5. The van der Waals surface area contributed by atoms with E-state index in [1.807, 2.05) is 0 Å². The fourth-order valence-electron chi connectivity index (χ4n) is 3.15. The molecule has 120 valence electrons. The van der Waals surface area contributed by atoms with Crippen LogP contribution in [0.5, 0.6) is 0 Å². The van der Waals surface area contributed by atoms with Crippen molar-refractivity contribution in [2.75, 3.05) is 32.7 Å². The predicted molar refractivity (Wildman–Crippen MR) is 88.0 cm³/mol. The number of nitrogens with zero attached hydrogens (tertiary/aromatic N) is 1. The highest BCUT2D eigenvalue weighted by Gasteiger charge is 2.24. The Morgan fingerprint density at radius 2 is 2.05 bits per heavy atom. The van der Waals surface area contributed by atoms with E-state index in [9.17, 15) is 4.79 Å². The standard InChI is InChI=1S/C14H27N3O.2ClH/c1-2-17-9-4-3-7-13(17)11-16-14(18)12-6-5-8-15-10-12;;/h12-13,15H,2-11H2,1H3,(H,16,18);2*1H. The van der Waals surface area contributed by atoms with E-state index < -0.39 is 0 Å². The zero-order valence-electron chi connectivity index (χ0n) is 12.4. The van der Waals surface area contributed by atoms with Crippen LogP contribution in [0.4, 0.5) is 0 Å². The number of carbonyl (C=O) groups is 1. The predicted octanol–water partition coefficient (Wildman–Crippen LogP) is 1.82. The van der Waals surface area contributed by atoms with E-state index in [1.54, 1.807) is 0 Å². The van der Waals surface area contributed by atoms with Crippen LogP contribution >= 0.6 is 24.8 Å². The molecule has 0 bridgehead atoms. The average Bonchev–Trinajstić information content (AvgIpc) is 2.46. The zero-order valence-corrected chi connectivity index (χ0v) is 14.0. The summed E-state index contributed by atoms with van der Waals surface area (Å²) in [7, 11) is 0. The number of likely N-dealkylation sites (tertiary alicyclic amines) is 1. The summed E-state index contributed by atoms with van der Waals surface area (Å²) in [5.74, 6) is 0.446. The van der Waals surface area contributed by atoms with Crippen LogP contribution in [0.3, 0.4) is 0 Å². The summed E-state index contributed by atoms with van der Waals surface area (Å²) >= 11 is 0. The van der Waals surface area contributed by atoms with Crippen molar-refractivity contribution in [3.63, 3.8) is 0 Å². The van der Waals surface area contributed by atoms with E-state index in [1.165, 1.54) is 25.8 Å². The van der Waals surface area contributed by atoms with Crippen molar-refractivity contribution in [3.05, 3.63) is 0 Å². The van der Waals surface area contributed by atoms with Gasteiger partial charge in [0.05, 0.1) is 5.92 Å². The molecule has 0 aliphatic carbocycles. The molecule has 2 N–H and O–H groups in total. The van der Waals surface area contributed by atoms with Gasteiger partial charge in [-0.05, 0) is 45.3 Å². The molecule has 2 rings (SSSR count). The molecule has 0 radical (unpaired) electrons. The topological polar surface area (TPSA) is 44.4 Å². The first-order valence-electron chi connectivity index (χ1n) is 7.53. The summed E-state index contributed by atoms with van der Waals surface area (Å²) in [4.78, 5) is 14.6. The molecule has 4 nitrogen and oxygen atoms in total. The van der Waals surface area contributed by atoms with Gasteiger partial charge in [-0.3, -0.25) is 9.69 Å². The minimum atomic E-state index is 0. The summed E-state index contributed by atoms with van der Waals surface area (Å²) in [5, 5.41) is 6.47. The van der Waals surface area contributed by atoms with E-state index in [4.69, 9.17) is 0 Å². The molecule has 2 unspecified atom stereocenters. The van der Waals surface area contributed by atoms with Crippen molar-refractivity contribution in [1.82, 2.24) is 15.5 Å². The third-order valence-electron chi connectivity index (χ3n) is 4.33. The summed E-state index contributed by atoms with van der Waals surface area (Å²) in [5.41, 5.74) is 0. The maximum Gasteiger partial charge on any atom is 0.224 e. The summed E-state index contributed by atoms with van der Waals surface area (Å²) in [6.45, 7) is 7.27. The zero-order chi connectivity index (χ0) is 12.8. The lowest BCUT2D eigenvalue weighted by molar-refractivity contribution is -0.125. The minimum Gasteiger partial charge on any atom is -0.354 e. The molecule has 0 spiro atoms. The number of carbonyl (C=O) groups excluding carboxylic acids is 1. The second-order valence-corrected chi connectivity index (χ2v) is 5.57. The Hall–Kier alpha value is -0.0300. The summed E-state index contributed by atoms with van der Waals surface area (Å²) in [6, 6.07) is 0.559. The second kappa shape index (κ2) is 10.7. The van der Waals surface area contributed by atoms with Crippen LogP contribution < -0.4 is 10.6 Å². The second-order valence-electron chi connectivity index (χ2n) is 5.57. The number of nitrogens with one attached hydrogen (secondary N) is 2. The van der Waals surface area contributed by atoms with Gasteiger partial charge in [-0.2, -0.15) is 0 Å². The average molecular weight is 326 g/mol. The Morgan fingerprint density at radius 3 is 2.70 bits per heavy atom. The molecule has 6 heteroatoms. The molecule has 1 amide bonds. The number of hydrogen-bond donors (Lipinski definition) is 2. The van der Waals surface area contributed by atoms with Gasteiger partial charge in [0, 0.05) is 19.1 Å². The third kappa shape index (κ3) is 5.76. The Bertz CT molecular complexity index is 273. The van der Waals surface area contributed by atoms with Crippen LogP contribution in [0, 0.1) is 5.92 Å². The van der Waals surface area contributed by atoms with Crippen molar-refractivity contribution < 1.29 is 4.79 Å². The van der Waals surface area contributed by atoms with E-state index >= 15 is 0 Å². The first kappa shape index (κ1) is 20.0. The quantitative estimate of drug-likeness (QED) is 0.828. The lowest BCUT2D eigenvalue weighted by Crippen LogP contribution is -2.48. The number of likely N-dealkylation sites (N-methyl/N-ethyl adjacent to an activating group) is 1. The number of halogens is 2. The monoisotopic (exact) mass is 325 g/mol. The molecule has 2 atom stereocenters. The molecule has 0 saturated carbocycles. The maximum atomic E-state index is 12.1. The van der Waals surface area contributed by atoms with Crippen molar-refractivity contribution in [3.8, 4) is 0 Å². The molecule has 2 aliphatic rings.